The van der Waals surface area contributed by atoms with Crippen molar-refractivity contribution in [1.29, 1.82) is 0 Å². The first kappa shape index (κ1) is 20.4. The van der Waals surface area contributed by atoms with Crippen LogP contribution in [-0.4, -0.2) is 6.54 Å². The second kappa shape index (κ2) is 14.3. The highest BCUT2D eigenvalue weighted by Crippen LogP contribution is 2.11. The minimum atomic E-state index is 0.432. The summed E-state index contributed by atoms with van der Waals surface area (Å²) in [6, 6.07) is 21.7. The van der Waals surface area contributed by atoms with Gasteiger partial charge in [0, 0.05) is 6.04 Å². The van der Waals surface area contributed by atoms with E-state index in [0.29, 0.717) is 6.04 Å². The van der Waals surface area contributed by atoms with Gasteiger partial charge in [0.2, 0.25) is 0 Å². The van der Waals surface area contributed by atoms with Crippen LogP contribution in [0.2, 0.25) is 0 Å². The van der Waals surface area contributed by atoms with Gasteiger partial charge >= 0.3 is 0 Å². The Morgan fingerprint density at radius 1 is 0.773 bits per heavy atom. The summed E-state index contributed by atoms with van der Waals surface area (Å²) in [5.41, 5.74) is 2.78. The van der Waals surface area contributed by atoms with Crippen LogP contribution in [0.4, 0.5) is 0 Å². The van der Waals surface area contributed by atoms with Crippen molar-refractivity contribution in [1.82, 2.24) is 5.32 Å². The lowest BCUT2D eigenvalue weighted by atomic mass is 10.1. The summed E-state index contributed by atoms with van der Waals surface area (Å²) in [4.78, 5) is 0. The molecule has 0 radical (unpaired) electrons. The van der Waals surface area contributed by atoms with Crippen molar-refractivity contribution >= 4 is 0 Å². The van der Waals surface area contributed by atoms with Crippen LogP contribution in [0, 0.1) is 0 Å². The summed E-state index contributed by atoms with van der Waals surface area (Å²) in [7, 11) is 0. The van der Waals surface area contributed by atoms with Crippen molar-refractivity contribution in [3.8, 4) is 0 Å². The standard InChI is InChI=1S/C17H21N.2C2H6/c1-15(17-12-6-3-7-13-17)18-14-8-11-16-9-4-2-5-10-16;2*1-2/h2-7,9-10,12-13,15,18H,8,11,14H2,1H3;2*1-2H3/t15-;;/m0../s1. The van der Waals surface area contributed by atoms with Crippen LogP contribution in [0.15, 0.2) is 60.7 Å². The Kier molecular flexibility index (Phi) is 13.3. The molecule has 0 fully saturated rings. The molecule has 1 nitrogen and oxygen atoms in total. The van der Waals surface area contributed by atoms with Gasteiger partial charge in [-0.2, -0.15) is 0 Å². The second-order valence-electron chi connectivity index (χ2n) is 4.68. The van der Waals surface area contributed by atoms with Crippen LogP contribution in [-0.2, 0) is 6.42 Å². The van der Waals surface area contributed by atoms with Crippen molar-refractivity contribution in [2.45, 2.75) is 53.5 Å². The topological polar surface area (TPSA) is 12.0 Å². The zero-order valence-corrected chi connectivity index (χ0v) is 15.0. The third-order valence-corrected chi connectivity index (χ3v) is 3.24. The summed E-state index contributed by atoms with van der Waals surface area (Å²) in [5, 5.41) is 3.57. The molecular formula is C21H33N. The number of hydrogen-bond acceptors (Lipinski definition) is 1. The molecule has 0 aliphatic heterocycles. The molecule has 0 saturated heterocycles. The Morgan fingerprint density at radius 2 is 1.27 bits per heavy atom. The Bertz CT molecular complexity index is 436. The Morgan fingerprint density at radius 3 is 1.82 bits per heavy atom. The van der Waals surface area contributed by atoms with Gasteiger partial charge in [0.05, 0.1) is 0 Å². The van der Waals surface area contributed by atoms with E-state index in [2.05, 4.69) is 72.9 Å². The fraction of sp³-hybridized carbons (Fsp3) is 0.429. The van der Waals surface area contributed by atoms with Crippen LogP contribution in [0.25, 0.3) is 0 Å². The van der Waals surface area contributed by atoms with E-state index in [-0.39, 0.29) is 0 Å². The molecule has 0 bridgehead atoms. The predicted octanol–water partition coefficient (Wildman–Crippen LogP) is 6.02. The third kappa shape index (κ3) is 8.63. The van der Waals surface area contributed by atoms with E-state index < -0.39 is 0 Å². The van der Waals surface area contributed by atoms with Crippen LogP contribution in [0.5, 0.6) is 0 Å². The van der Waals surface area contributed by atoms with Gasteiger partial charge in [-0.15, -0.1) is 0 Å². The second-order valence-corrected chi connectivity index (χ2v) is 4.68. The zero-order chi connectivity index (χ0) is 16.6. The summed E-state index contributed by atoms with van der Waals surface area (Å²) >= 11 is 0. The van der Waals surface area contributed by atoms with Gasteiger partial charge in [-0.1, -0.05) is 88.4 Å². The number of benzene rings is 2. The molecule has 0 amide bonds. The minimum Gasteiger partial charge on any atom is -0.310 e. The average Bonchev–Trinajstić information content (AvgIpc) is 2.63. The average molecular weight is 300 g/mol. The number of hydrogen-bond donors (Lipinski definition) is 1. The molecule has 0 spiro atoms. The molecule has 0 aliphatic carbocycles. The summed E-state index contributed by atoms with van der Waals surface area (Å²) < 4.78 is 0. The SMILES string of the molecule is CC.CC.C[C@H](NCCCc1ccccc1)c1ccccc1. The molecule has 1 heteroatoms. The Labute approximate surface area is 137 Å². The van der Waals surface area contributed by atoms with Crippen LogP contribution >= 0.6 is 0 Å². The first-order valence-corrected chi connectivity index (χ1v) is 8.68. The van der Waals surface area contributed by atoms with Crippen LogP contribution in [0.3, 0.4) is 0 Å². The molecule has 0 aromatic heterocycles. The highest BCUT2D eigenvalue weighted by molar-refractivity contribution is 5.18. The largest absolute Gasteiger partial charge is 0.310 e. The molecular weight excluding hydrogens is 266 g/mol. The van der Waals surface area contributed by atoms with E-state index in [0.717, 1.165) is 13.0 Å². The fourth-order valence-electron chi connectivity index (χ4n) is 2.12. The van der Waals surface area contributed by atoms with Crippen molar-refractivity contribution in [2.24, 2.45) is 0 Å². The highest BCUT2D eigenvalue weighted by Gasteiger charge is 2.02. The lowest BCUT2D eigenvalue weighted by Gasteiger charge is -2.14. The first-order chi connectivity index (χ1) is 10.9. The van der Waals surface area contributed by atoms with Crippen LogP contribution < -0.4 is 5.32 Å². The fourth-order valence-corrected chi connectivity index (χ4v) is 2.12. The number of rotatable bonds is 6. The molecule has 0 saturated carbocycles. The minimum absolute atomic E-state index is 0.432. The predicted molar refractivity (Wildman–Crippen MR) is 100 cm³/mol. The molecule has 22 heavy (non-hydrogen) atoms. The van der Waals surface area contributed by atoms with Crippen molar-refractivity contribution in [3.63, 3.8) is 0 Å². The van der Waals surface area contributed by atoms with Gasteiger partial charge in [0.25, 0.3) is 0 Å². The van der Waals surface area contributed by atoms with E-state index in [1.165, 1.54) is 17.5 Å². The summed E-state index contributed by atoms with van der Waals surface area (Å²) in [6.45, 7) is 11.3. The van der Waals surface area contributed by atoms with E-state index in [4.69, 9.17) is 0 Å². The lowest BCUT2D eigenvalue weighted by molar-refractivity contribution is 0.558. The molecule has 0 heterocycles. The van der Waals surface area contributed by atoms with Crippen molar-refractivity contribution in [2.75, 3.05) is 6.54 Å². The van der Waals surface area contributed by atoms with Gasteiger partial charge in [0.1, 0.15) is 0 Å². The van der Waals surface area contributed by atoms with E-state index in [1.54, 1.807) is 0 Å². The van der Waals surface area contributed by atoms with E-state index in [1.807, 2.05) is 27.7 Å². The smallest absolute Gasteiger partial charge is 0.0291 e. The van der Waals surface area contributed by atoms with E-state index in [9.17, 15) is 0 Å². The third-order valence-electron chi connectivity index (χ3n) is 3.24. The molecule has 1 atom stereocenters. The van der Waals surface area contributed by atoms with E-state index >= 15 is 0 Å². The van der Waals surface area contributed by atoms with Gasteiger partial charge < -0.3 is 5.32 Å². The molecule has 2 aromatic carbocycles. The van der Waals surface area contributed by atoms with Crippen molar-refractivity contribution in [3.05, 3.63) is 71.8 Å². The number of nitrogens with one attached hydrogen (secondary N) is 1. The summed E-state index contributed by atoms with van der Waals surface area (Å²) in [6.07, 6.45) is 2.33. The Balaban J connectivity index is 0.00000102. The quantitative estimate of drug-likeness (QED) is 0.643. The molecule has 2 rings (SSSR count). The molecule has 1 N–H and O–H groups in total. The zero-order valence-electron chi connectivity index (χ0n) is 15.0. The number of aryl methyl sites for hydroxylation is 1. The van der Waals surface area contributed by atoms with Gasteiger partial charge in [0.15, 0.2) is 0 Å². The maximum atomic E-state index is 3.57. The molecule has 122 valence electrons. The molecule has 0 unspecified atom stereocenters. The van der Waals surface area contributed by atoms with Gasteiger partial charge in [-0.25, -0.2) is 0 Å². The first-order valence-electron chi connectivity index (χ1n) is 8.68. The molecule has 2 aromatic rings. The van der Waals surface area contributed by atoms with Crippen molar-refractivity contribution < 1.29 is 0 Å². The van der Waals surface area contributed by atoms with Gasteiger partial charge in [-0.3, -0.25) is 0 Å². The lowest BCUT2D eigenvalue weighted by Crippen LogP contribution is -2.20. The Hall–Kier alpha value is -1.60. The normalized spacial score (nSPS) is 10.6. The molecule has 0 aliphatic rings. The maximum absolute atomic E-state index is 3.57. The van der Waals surface area contributed by atoms with Crippen LogP contribution in [0.1, 0.15) is 58.2 Å². The highest BCUT2D eigenvalue weighted by atomic mass is 14.9. The monoisotopic (exact) mass is 299 g/mol. The summed E-state index contributed by atoms with van der Waals surface area (Å²) in [5.74, 6) is 0. The maximum Gasteiger partial charge on any atom is 0.0291 e. The van der Waals surface area contributed by atoms with Gasteiger partial charge in [-0.05, 0) is 37.4 Å².